The molecule has 0 spiro atoms. The fraction of sp³-hybridized carbons (Fsp3) is 0.105. The number of benzene rings is 2. The van der Waals surface area contributed by atoms with Crippen molar-refractivity contribution in [2.24, 2.45) is 0 Å². The Kier molecular flexibility index (Phi) is 6.82. The SMILES string of the molecule is COc1cc(Br)cc(C=CC(=O)C=Cc2cc(Br)cc(OC)c2)c1. The number of ketones is 1. The first-order valence-corrected chi connectivity index (χ1v) is 8.68. The molecule has 5 heteroatoms. The lowest BCUT2D eigenvalue weighted by Gasteiger charge is -2.02. The second-order valence-corrected chi connectivity index (χ2v) is 6.75. The van der Waals surface area contributed by atoms with Crippen molar-refractivity contribution >= 4 is 49.8 Å². The normalized spacial score (nSPS) is 11.2. The zero-order chi connectivity index (χ0) is 17.5. The van der Waals surface area contributed by atoms with E-state index >= 15 is 0 Å². The van der Waals surface area contributed by atoms with E-state index in [1.54, 1.807) is 26.4 Å². The minimum absolute atomic E-state index is 0.104. The quantitative estimate of drug-likeness (QED) is 0.542. The number of carbonyl (C=O) groups is 1. The summed E-state index contributed by atoms with van der Waals surface area (Å²) in [6.07, 6.45) is 6.54. The Balaban J connectivity index is 2.10. The van der Waals surface area contributed by atoms with Crippen molar-refractivity contribution in [2.75, 3.05) is 14.2 Å². The van der Waals surface area contributed by atoms with Crippen LogP contribution in [0.15, 0.2) is 57.5 Å². The Morgan fingerprint density at radius 1 is 0.792 bits per heavy atom. The number of hydrogen-bond donors (Lipinski definition) is 0. The number of methoxy groups -OCH3 is 2. The zero-order valence-corrected chi connectivity index (χ0v) is 16.4. The molecule has 0 unspecified atom stereocenters. The molecular formula is C19H16Br2O3. The third-order valence-electron chi connectivity index (χ3n) is 3.14. The van der Waals surface area contributed by atoms with Crippen LogP contribution in [0.25, 0.3) is 12.2 Å². The van der Waals surface area contributed by atoms with Gasteiger partial charge in [-0.25, -0.2) is 0 Å². The number of carbonyl (C=O) groups excluding carboxylic acids is 1. The van der Waals surface area contributed by atoms with Gasteiger partial charge in [0, 0.05) is 8.95 Å². The molecule has 0 atom stereocenters. The molecule has 0 aliphatic rings. The Labute approximate surface area is 158 Å². The highest BCUT2D eigenvalue weighted by Crippen LogP contribution is 2.23. The number of halogens is 2. The molecule has 0 aliphatic heterocycles. The molecule has 24 heavy (non-hydrogen) atoms. The molecule has 2 aromatic rings. The van der Waals surface area contributed by atoms with Crippen molar-refractivity contribution in [2.45, 2.75) is 0 Å². The van der Waals surface area contributed by atoms with Crippen molar-refractivity contribution in [3.05, 3.63) is 68.6 Å². The highest BCUT2D eigenvalue weighted by Gasteiger charge is 1.99. The second kappa shape index (κ2) is 8.85. The van der Waals surface area contributed by atoms with E-state index in [1.807, 2.05) is 36.4 Å². The average molecular weight is 452 g/mol. The molecule has 0 N–H and O–H groups in total. The first kappa shape index (κ1) is 18.5. The highest BCUT2D eigenvalue weighted by atomic mass is 79.9. The van der Waals surface area contributed by atoms with Crippen molar-refractivity contribution < 1.29 is 14.3 Å². The molecule has 0 bridgehead atoms. The minimum atomic E-state index is -0.104. The van der Waals surface area contributed by atoms with Gasteiger partial charge in [-0.3, -0.25) is 4.79 Å². The lowest BCUT2D eigenvalue weighted by Crippen LogP contribution is -1.87. The summed E-state index contributed by atoms with van der Waals surface area (Å²) in [6.45, 7) is 0. The Bertz CT molecular complexity index is 730. The molecule has 0 heterocycles. The van der Waals surface area contributed by atoms with Gasteiger partial charge in [-0.1, -0.05) is 44.0 Å². The molecule has 2 rings (SSSR count). The molecule has 124 valence electrons. The van der Waals surface area contributed by atoms with E-state index in [2.05, 4.69) is 31.9 Å². The predicted molar refractivity (Wildman–Crippen MR) is 104 cm³/mol. The summed E-state index contributed by atoms with van der Waals surface area (Å²) < 4.78 is 12.2. The first-order valence-electron chi connectivity index (χ1n) is 7.09. The summed E-state index contributed by atoms with van der Waals surface area (Å²) in [5.74, 6) is 1.36. The molecule has 0 saturated carbocycles. The summed E-state index contributed by atoms with van der Waals surface area (Å²) in [7, 11) is 3.21. The van der Waals surface area contributed by atoms with E-state index in [1.165, 1.54) is 12.2 Å². The molecule has 2 aromatic carbocycles. The molecule has 0 amide bonds. The lowest BCUT2D eigenvalue weighted by atomic mass is 10.1. The van der Waals surface area contributed by atoms with Gasteiger partial charge in [-0.05, 0) is 59.7 Å². The van der Waals surface area contributed by atoms with Gasteiger partial charge < -0.3 is 9.47 Å². The minimum Gasteiger partial charge on any atom is -0.497 e. The number of allylic oxidation sites excluding steroid dienone is 2. The summed E-state index contributed by atoms with van der Waals surface area (Å²) in [5, 5.41) is 0. The van der Waals surface area contributed by atoms with Crippen molar-refractivity contribution in [1.82, 2.24) is 0 Å². The highest BCUT2D eigenvalue weighted by molar-refractivity contribution is 9.10. The van der Waals surface area contributed by atoms with Crippen LogP contribution in [0, 0.1) is 0 Å². The van der Waals surface area contributed by atoms with E-state index in [4.69, 9.17) is 9.47 Å². The van der Waals surface area contributed by atoms with E-state index in [0.717, 1.165) is 31.6 Å². The molecule has 0 radical (unpaired) electrons. The molecule has 3 nitrogen and oxygen atoms in total. The van der Waals surface area contributed by atoms with E-state index in [9.17, 15) is 4.79 Å². The summed E-state index contributed by atoms with van der Waals surface area (Å²) in [6, 6.07) is 11.3. The molecule has 0 aromatic heterocycles. The Morgan fingerprint density at radius 2 is 1.21 bits per heavy atom. The fourth-order valence-electron chi connectivity index (χ4n) is 2.01. The summed E-state index contributed by atoms with van der Waals surface area (Å²) >= 11 is 6.83. The van der Waals surface area contributed by atoms with Gasteiger partial charge in [0.15, 0.2) is 5.78 Å². The Hall–Kier alpha value is -1.85. The molecule has 0 fully saturated rings. The third-order valence-corrected chi connectivity index (χ3v) is 4.05. The van der Waals surface area contributed by atoms with Crippen LogP contribution in [0.2, 0.25) is 0 Å². The van der Waals surface area contributed by atoms with Gasteiger partial charge in [0.1, 0.15) is 11.5 Å². The van der Waals surface area contributed by atoms with Crippen LogP contribution in [0.5, 0.6) is 11.5 Å². The molecule has 0 saturated heterocycles. The topological polar surface area (TPSA) is 35.5 Å². The van der Waals surface area contributed by atoms with Gasteiger partial charge in [-0.15, -0.1) is 0 Å². The van der Waals surface area contributed by atoms with Crippen LogP contribution in [0.1, 0.15) is 11.1 Å². The summed E-state index contributed by atoms with van der Waals surface area (Å²) in [5.41, 5.74) is 1.76. The Morgan fingerprint density at radius 3 is 1.58 bits per heavy atom. The van der Waals surface area contributed by atoms with E-state index < -0.39 is 0 Å². The van der Waals surface area contributed by atoms with Crippen LogP contribution >= 0.6 is 31.9 Å². The van der Waals surface area contributed by atoms with E-state index in [-0.39, 0.29) is 5.78 Å². The second-order valence-electron chi connectivity index (χ2n) is 4.92. The van der Waals surface area contributed by atoms with Crippen LogP contribution < -0.4 is 9.47 Å². The number of ether oxygens (including phenoxy) is 2. The van der Waals surface area contributed by atoms with Crippen molar-refractivity contribution in [3.8, 4) is 11.5 Å². The molecular weight excluding hydrogens is 436 g/mol. The standard InChI is InChI=1S/C19H16Br2O3/c1-23-18-9-13(7-15(20)11-18)3-5-17(22)6-4-14-8-16(21)12-19(10-14)24-2/h3-12H,1-2H3. The fourth-order valence-corrected chi connectivity index (χ4v) is 2.99. The van der Waals surface area contributed by atoms with Crippen LogP contribution in [-0.2, 0) is 4.79 Å². The largest absolute Gasteiger partial charge is 0.497 e. The van der Waals surface area contributed by atoms with Crippen molar-refractivity contribution in [1.29, 1.82) is 0 Å². The smallest absolute Gasteiger partial charge is 0.178 e. The monoisotopic (exact) mass is 450 g/mol. The summed E-state index contributed by atoms with van der Waals surface area (Å²) in [4.78, 5) is 12.0. The van der Waals surface area contributed by atoms with Gasteiger partial charge in [0.05, 0.1) is 14.2 Å². The third kappa shape index (κ3) is 5.65. The van der Waals surface area contributed by atoms with Crippen LogP contribution in [0.3, 0.4) is 0 Å². The van der Waals surface area contributed by atoms with Gasteiger partial charge in [0.2, 0.25) is 0 Å². The number of hydrogen-bond acceptors (Lipinski definition) is 3. The van der Waals surface area contributed by atoms with Crippen molar-refractivity contribution in [3.63, 3.8) is 0 Å². The number of rotatable bonds is 6. The maximum absolute atomic E-state index is 12.0. The van der Waals surface area contributed by atoms with Gasteiger partial charge in [0.25, 0.3) is 0 Å². The van der Waals surface area contributed by atoms with Crippen LogP contribution in [-0.4, -0.2) is 20.0 Å². The van der Waals surface area contributed by atoms with E-state index in [0.29, 0.717) is 0 Å². The van der Waals surface area contributed by atoms with Crippen LogP contribution in [0.4, 0.5) is 0 Å². The molecule has 0 aliphatic carbocycles. The first-order chi connectivity index (χ1) is 11.5. The van der Waals surface area contributed by atoms with Gasteiger partial charge in [-0.2, -0.15) is 0 Å². The average Bonchev–Trinajstić information content (AvgIpc) is 2.57. The maximum Gasteiger partial charge on any atom is 0.178 e. The zero-order valence-electron chi connectivity index (χ0n) is 13.3. The van der Waals surface area contributed by atoms with Gasteiger partial charge >= 0.3 is 0 Å². The maximum atomic E-state index is 12.0. The predicted octanol–water partition coefficient (Wildman–Crippen LogP) is 5.52. The lowest BCUT2D eigenvalue weighted by molar-refractivity contribution is -0.110.